The lowest BCUT2D eigenvalue weighted by Gasteiger charge is -2.16. The van der Waals surface area contributed by atoms with Crippen LogP contribution >= 0.6 is 0 Å². The van der Waals surface area contributed by atoms with Gasteiger partial charge in [-0.3, -0.25) is 9.59 Å². The van der Waals surface area contributed by atoms with Gasteiger partial charge in [0.2, 0.25) is 0 Å². The van der Waals surface area contributed by atoms with Crippen LogP contribution in [0.25, 0.3) is 0 Å². The molecule has 0 bridgehead atoms. The van der Waals surface area contributed by atoms with Gasteiger partial charge in [0, 0.05) is 6.42 Å². The minimum Gasteiger partial charge on any atom is -0.466 e. The summed E-state index contributed by atoms with van der Waals surface area (Å²) >= 11 is 0. The normalized spacial score (nSPS) is 24.1. The Morgan fingerprint density at radius 3 is 2.44 bits per heavy atom. The monoisotopic (exact) mass is 228 g/mol. The van der Waals surface area contributed by atoms with E-state index in [0.717, 1.165) is 19.3 Å². The van der Waals surface area contributed by atoms with E-state index in [2.05, 4.69) is 0 Å². The fraction of sp³-hybridized carbons (Fsp3) is 0.833. The molecule has 92 valence electrons. The SMILES string of the molecule is CCOC(=O)CC1CCCC1C(=O)OCC. The predicted octanol–water partition coefficient (Wildman–Crippen LogP) is 1.92. The van der Waals surface area contributed by atoms with E-state index < -0.39 is 0 Å². The van der Waals surface area contributed by atoms with Gasteiger partial charge < -0.3 is 9.47 Å². The smallest absolute Gasteiger partial charge is 0.309 e. The second-order valence-electron chi connectivity index (χ2n) is 4.06. The Kier molecular flexibility index (Phi) is 5.29. The second-order valence-corrected chi connectivity index (χ2v) is 4.06. The third-order valence-electron chi connectivity index (χ3n) is 2.98. The Morgan fingerprint density at radius 1 is 1.12 bits per heavy atom. The maximum absolute atomic E-state index is 11.6. The molecule has 1 aliphatic carbocycles. The minimum absolute atomic E-state index is 0.107. The van der Waals surface area contributed by atoms with Gasteiger partial charge in [0.15, 0.2) is 0 Å². The molecule has 0 aromatic heterocycles. The van der Waals surface area contributed by atoms with Crippen molar-refractivity contribution in [3.05, 3.63) is 0 Å². The highest BCUT2D eigenvalue weighted by Gasteiger charge is 2.35. The summed E-state index contributed by atoms with van der Waals surface area (Å²) in [5.41, 5.74) is 0. The summed E-state index contributed by atoms with van der Waals surface area (Å²) in [6.07, 6.45) is 3.09. The number of carbonyl (C=O) groups excluding carboxylic acids is 2. The van der Waals surface area contributed by atoms with E-state index in [9.17, 15) is 9.59 Å². The van der Waals surface area contributed by atoms with Gasteiger partial charge in [-0.25, -0.2) is 0 Å². The quantitative estimate of drug-likeness (QED) is 0.674. The van der Waals surface area contributed by atoms with Gasteiger partial charge in [0.05, 0.1) is 19.1 Å². The van der Waals surface area contributed by atoms with E-state index in [1.54, 1.807) is 13.8 Å². The molecule has 0 saturated heterocycles. The molecule has 1 aliphatic rings. The van der Waals surface area contributed by atoms with E-state index in [-0.39, 0.29) is 23.8 Å². The average Bonchev–Trinajstić information content (AvgIpc) is 2.66. The standard InChI is InChI=1S/C12H20O4/c1-3-15-11(13)8-9-6-5-7-10(9)12(14)16-4-2/h9-10H,3-8H2,1-2H3. The van der Waals surface area contributed by atoms with E-state index in [4.69, 9.17) is 9.47 Å². The highest BCUT2D eigenvalue weighted by atomic mass is 16.5. The number of hydrogen-bond acceptors (Lipinski definition) is 4. The first kappa shape index (κ1) is 13.0. The number of carbonyl (C=O) groups is 2. The van der Waals surface area contributed by atoms with Gasteiger partial charge in [-0.15, -0.1) is 0 Å². The number of rotatable bonds is 5. The molecule has 0 spiro atoms. The summed E-state index contributed by atoms with van der Waals surface area (Å²) in [5, 5.41) is 0. The zero-order chi connectivity index (χ0) is 12.0. The molecular weight excluding hydrogens is 208 g/mol. The molecule has 16 heavy (non-hydrogen) atoms. The first-order valence-corrected chi connectivity index (χ1v) is 6.01. The summed E-state index contributed by atoms with van der Waals surface area (Å²) in [6, 6.07) is 0. The lowest BCUT2D eigenvalue weighted by Crippen LogP contribution is -2.24. The summed E-state index contributed by atoms with van der Waals surface area (Å²) in [7, 11) is 0. The van der Waals surface area contributed by atoms with Crippen LogP contribution in [0.15, 0.2) is 0 Å². The van der Waals surface area contributed by atoms with Gasteiger partial charge in [0.25, 0.3) is 0 Å². The molecule has 2 atom stereocenters. The van der Waals surface area contributed by atoms with Crippen LogP contribution in [0.5, 0.6) is 0 Å². The molecule has 0 N–H and O–H groups in total. The third kappa shape index (κ3) is 3.51. The van der Waals surface area contributed by atoms with Crippen LogP contribution in [-0.2, 0) is 19.1 Å². The predicted molar refractivity (Wildman–Crippen MR) is 58.7 cm³/mol. The molecule has 4 heteroatoms. The van der Waals surface area contributed by atoms with Crippen molar-refractivity contribution in [2.24, 2.45) is 11.8 Å². The van der Waals surface area contributed by atoms with Crippen LogP contribution in [0.3, 0.4) is 0 Å². The molecule has 0 aromatic rings. The first-order chi connectivity index (χ1) is 7.69. The lowest BCUT2D eigenvalue weighted by molar-refractivity contribution is -0.151. The Hall–Kier alpha value is -1.06. The van der Waals surface area contributed by atoms with Crippen LogP contribution in [0.4, 0.5) is 0 Å². The summed E-state index contributed by atoms with van der Waals surface area (Å²) in [6.45, 7) is 4.39. The van der Waals surface area contributed by atoms with Crippen LogP contribution in [0.2, 0.25) is 0 Å². The zero-order valence-corrected chi connectivity index (χ0v) is 10.0. The van der Waals surface area contributed by atoms with Crippen molar-refractivity contribution in [2.45, 2.75) is 39.5 Å². The van der Waals surface area contributed by atoms with Gasteiger partial charge in [-0.05, 0) is 32.6 Å². The first-order valence-electron chi connectivity index (χ1n) is 6.01. The molecule has 0 aliphatic heterocycles. The van der Waals surface area contributed by atoms with Crippen LogP contribution in [-0.4, -0.2) is 25.2 Å². The topological polar surface area (TPSA) is 52.6 Å². The highest BCUT2D eigenvalue weighted by Crippen LogP contribution is 2.35. The highest BCUT2D eigenvalue weighted by molar-refractivity contribution is 5.75. The molecular formula is C12H20O4. The largest absolute Gasteiger partial charge is 0.466 e. The van der Waals surface area contributed by atoms with Crippen LogP contribution < -0.4 is 0 Å². The van der Waals surface area contributed by atoms with Gasteiger partial charge in [0.1, 0.15) is 0 Å². The molecule has 0 heterocycles. The van der Waals surface area contributed by atoms with Crippen molar-refractivity contribution in [3.8, 4) is 0 Å². The van der Waals surface area contributed by atoms with Gasteiger partial charge in [-0.1, -0.05) is 6.42 Å². The van der Waals surface area contributed by atoms with Crippen molar-refractivity contribution < 1.29 is 19.1 Å². The average molecular weight is 228 g/mol. The fourth-order valence-electron chi connectivity index (χ4n) is 2.27. The molecule has 0 amide bonds. The van der Waals surface area contributed by atoms with E-state index in [1.165, 1.54) is 0 Å². The third-order valence-corrected chi connectivity index (χ3v) is 2.98. The van der Waals surface area contributed by atoms with Crippen molar-refractivity contribution in [2.75, 3.05) is 13.2 Å². The van der Waals surface area contributed by atoms with Crippen LogP contribution in [0, 0.1) is 11.8 Å². The molecule has 0 aromatic carbocycles. The zero-order valence-electron chi connectivity index (χ0n) is 10.0. The Balaban J connectivity index is 2.45. The summed E-state index contributed by atoms with van der Waals surface area (Å²) in [4.78, 5) is 23.0. The molecule has 0 radical (unpaired) electrons. The maximum atomic E-state index is 11.6. The van der Waals surface area contributed by atoms with Gasteiger partial charge >= 0.3 is 11.9 Å². The van der Waals surface area contributed by atoms with Crippen molar-refractivity contribution in [1.29, 1.82) is 0 Å². The maximum Gasteiger partial charge on any atom is 0.309 e. The fourth-order valence-corrected chi connectivity index (χ4v) is 2.27. The van der Waals surface area contributed by atoms with E-state index in [1.807, 2.05) is 0 Å². The second kappa shape index (κ2) is 6.51. The van der Waals surface area contributed by atoms with Crippen molar-refractivity contribution in [1.82, 2.24) is 0 Å². The lowest BCUT2D eigenvalue weighted by atomic mass is 9.93. The molecule has 2 unspecified atom stereocenters. The summed E-state index contributed by atoms with van der Waals surface area (Å²) < 4.78 is 9.91. The number of esters is 2. The Bertz CT molecular complexity index is 249. The van der Waals surface area contributed by atoms with Crippen LogP contribution in [0.1, 0.15) is 39.5 Å². The minimum atomic E-state index is -0.205. The summed E-state index contributed by atoms with van der Waals surface area (Å²) in [5.74, 6) is -0.361. The molecule has 1 rings (SSSR count). The Labute approximate surface area is 96.3 Å². The Morgan fingerprint density at radius 2 is 1.81 bits per heavy atom. The van der Waals surface area contributed by atoms with E-state index >= 15 is 0 Å². The number of hydrogen-bond donors (Lipinski definition) is 0. The molecule has 1 fully saturated rings. The van der Waals surface area contributed by atoms with E-state index in [0.29, 0.717) is 19.6 Å². The molecule has 1 saturated carbocycles. The van der Waals surface area contributed by atoms with Gasteiger partial charge in [-0.2, -0.15) is 0 Å². The van der Waals surface area contributed by atoms with Crippen molar-refractivity contribution >= 4 is 11.9 Å². The number of ether oxygens (including phenoxy) is 2. The molecule has 4 nitrogen and oxygen atoms in total. The van der Waals surface area contributed by atoms with Crippen molar-refractivity contribution in [3.63, 3.8) is 0 Å².